The van der Waals surface area contributed by atoms with Crippen LogP contribution in [0.2, 0.25) is 0 Å². The number of nitrogens with two attached hydrogens (primary N) is 1. The van der Waals surface area contributed by atoms with E-state index in [1.807, 2.05) is 37.3 Å². The molecule has 0 aliphatic carbocycles. The number of benzene rings is 2. The summed E-state index contributed by atoms with van der Waals surface area (Å²) in [6.07, 6.45) is 0.844. The van der Waals surface area contributed by atoms with Gasteiger partial charge in [-0.2, -0.15) is 0 Å². The van der Waals surface area contributed by atoms with Gasteiger partial charge in [0.05, 0.1) is 0 Å². The summed E-state index contributed by atoms with van der Waals surface area (Å²) in [6.45, 7) is 2.31. The molecule has 2 rings (SSSR count). The van der Waals surface area contributed by atoms with Crippen molar-refractivity contribution in [2.45, 2.75) is 26.0 Å². The first kappa shape index (κ1) is 15.0. The van der Waals surface area contributed by atoms with E-state index in [1.165, 1.54) is 17.7 Å². The molecule has 2 aromatic rings. The van der Waals surface area contributed by atoms with Gasteiger partial charge in [0.25, 0.3) is 0 Å². The van der Waals surface area contributed by atoms with Crippen LogP contribution in [-0.2, 0) is 13.0 Å². The van der Waals surface area contributed by atoms with E-state index in [0.29, 0.717) is 11.1 Å². The lowest BCUT2D eigenvalue weighted by Gasteiger charge is -2.09. The van der Waals surface area contributed by atoms with E-state index in [9.17, 15) is 4.39 Å². The van der Waals surface area contributed by atoms with Gasteiger partial charge in [-0.05, 0) is 54.8 Å². The van der Waals surface area contributed by atoms with Crippen molar-refractivity contribution in [2.75, 3.05) is 0 Å². The summed E-state index contributed by atoms with van der Waals surface area (Å²) in [4.78, 5) is 0. The number of hydrogen-bond acceptors (Lipinski definition) is 2. The second kappa shape index (κ2) is 6.86. The molecule has 0 bridgehead atoms. The maximum Gasteiger partial charge on any atom is 0.124 e. The molecule has 0 saturated carbocycles. The van der Waals surface area contributed by atoms with Crippen LogP contribution in [0.5, 0.6) is 5.75 Å². The smallest absolute Gasteiger partial charge is 0.124 e. The van der Waals surface area contributed by atoms with Crippen LogP contribution < -0.4 is 10.5 Å². The molecule has 4 heteroatoms. The number of halogens is 2. The van der Waals surface area contributed by atoms with E-state index in [2.05, 4.69) is 15.9 Å². The highest BCUT2D eigenvalue weighted by molar-refractivity contribution is 9.10. The zero-order valence-electron chi connectivity index (χ0n) is 11.3. The summed E-state index contributed by atoms with van der Waals surface area (Å²) in [7, 11) is 0. The molecule has 2 nitrogen and oxygen atoms in total. The predicted molar refractivity (Wildman–Crippen MR) is 82.2 cm³/mol. The van der Waals surface area contributed by atoms with Gasteiger partial charge >= 0.3 is 0 Å². The zero-order chi connectivity index (χ0) is 14.5. The van der Waals surface area contributed by atoms with Crippen molar-refractivity contribution in [3.05, 3.63) is 63.9 Å². The van der Waals surface area contributed by atoms with Gasteiger partial charge in [0.1, 0.15) is 18.2 Å². The summed E-state index contributed by atoms with van der Waals surface area (Å²) in [6, 6.07) is 12.7. The molecule has 0 saturated heterocycles. The van der Waals surface area contributed by atoms with E-state index >= 15 is 0 Å². The van der Waals surface area contributed by atoms with Gasteiger partial charge in [0, 0.05) is 10.5 Å². The maximum atomic E-state index is 13.2. The minimum absolute atomic E-state index is 0.145. The third kappa shape index (κ3) is 4.62. The largest absolute Gasteiger partial charge is 0.489 e. The molecular weight excluding hydrogens is 321 g/mol. The highest BCUT2D eigenvalue weighted by Gasteiger charge is 2.02. The highest BCUT2D eigenvalue weighted by atomic mass is 79.9. The fraction of sp³-hybridized carbons (Fsp3) is 0.250. The third-order valence-corrected chi connectivity index (χ3v) is 3.27. The zero-order valence-corrected chi connectivity index (χ0v) is 12.9. The van der Waals surface area contributed by atoms with E-state index in [0.717, 1.165) is 17.7 Å². The quantitative estimate of drug-likeness (QED) is 0.892. The van der Waals surface area contributed by atoms with Crippen molar-refractivity contribution in [1.82, 2.24) is 0 Å². The van der Waals surface area contributed by atoms with Crippen LogP contribution in [0.15, 0.2) is 46.9 Å². The number of rotatable bonds is 5. The summed E-state index contributed by atoms with van der Waals surface area (Å²) < 4.78 is 19.6. The van der Waals surface area contributed by atoms with E-state index < -0.39 is 0 Å². The Morgan fingerprint density at radius 1 is 1.15 bits per heavy atom. The monoisotopic (exact) mass is 337 g/mol. The first-order chi connectivity index (χ1) is 9.52. The normalized spacial score (nSPS) is 12.2. The standard InChI is InChI=1S/C16H17BrFNO/c1-11(19)6-12-2-4-16(5-3-12)20-10-13-7-14(17)9-15(18)8-13/h2-5,7-9,11H,6,10,19H2,1H3. The molecule has 0 aliphatic rings. The fourth-order valence-electron chi connectivity index (χ4n) is 1.95. The van der Waals surface area contributed by atoms with Gasteiger partial charge in [-0.25, -0.2) is 4.39 Å². The third-order valence-electron chi connectivity index (χ3n) is 2.81. The Morgan fingerprint density at radius 2 is 1.85 bits per heavy atom. The average Bonchev–Trinajstić information content (AvgIpc) is 2.36. The van der Waals surface area contributed by atoms with Crippen molar-refractivity contribution in [1.29, 1.82) is 0 Å². The lowest BCUT2D eigenvalue weighted by molar-refractivity contribution is 0.305. The van der Waals surface area contributed by atoms with Crippen molar-refractivity contribution < 1.29 is 9.13 Å². The fourth-order valence-corrected chi connectivity index (χ4v) is 2.47. The van der Waals surface area contributed by atoms with E-state index in [4.69, 9.17) is 10.5 Å². The Balaban J connectivity index is 1.96. The lowest BCUT2D eigenvalue weighted by atomic mass is 10.1. The molecule has 1 unspecified atom stereocenters. The van der Waals surface area contributed by atoms with Crippen LogP contribution in [0.1, 0.15) is 18.1 Å². The van der Waals surface area contributed by atoms with E-state index in [1.54, 1.807) is 0 Å². The molecule has 0 fully saturated rings. The van der Waals surface area contributed by atoms with Crippen LogP contribution in [0.4, 0.5) is 4.39 Å². The second-order valence-electron chi connectivity index (χ2n) is 4.89. The molecule has 0 spiro atoms. The summed E-state index contributed by atoms with van der Waals surface area (Å²) >= 11 is 3.26. The first-order valence-electron chi connectivity index (χ1n) is 6.45. The van der Waals surface area contributed by atoms with Crippen LogP contribution in [0, 0.1) is 5.82 Å². The van der Waals surface area contributed by atoms with Crippen LogP contribution in [0.25, 0.3) is 0 Å². The lowest BCUT2D eigenvalue weighted by Crippen LogP contribution is -2.17. The van der Waals surface area contributed by atoms with Gasteiger partial charge < -0.3 is 10.5 Å². The predicted octanol–water partition coefficient (Wildman–Crippen LogP) is 4.06. The SMILES string of the molecule is CC(N)Cc1ccc(OCc2cc(F)cc(Br)c2)cc1. The molecule has 20 heavy (non-hydrogen) atoms. The minimum Gasteiger partial charge on any atom is -0.489 e. The summed E-state index contributed by atoms with van der Waals surface area (Å²) in [5.41, 5.74) is 7.72. The second-order valence-corrected chi connectivity index (χ2v) is 5.81. The van der Waals surface area contributed by atoms with Crippen LogP contribution in [-0.4, -0.2) is 6.04 Å². The number of hydrogen-bond donors (Lipinski definition) is 1. The van der Waals surface area contributed by atoms with Gasteiger partial charge in [-0.3, -0.25) is 0 Å². The Bertz CT molecular complexity index is 549. The molecule has 2 aromatic carbocycles. The topological polar surface area (TPSA) is 35.2 Å². The Kier molecular flexibility index (Phi) is 5.15. The Labute approximate surface area is 126 Å². The summed E-state index contributed by atoms with van der Waals surface area (Å²) in [5, 5.41) is 0. The molecule has 0 aliphatic heterocycles. The van der Waals surface area contributed by atoms with Crippen molar-refractivity contribution >= 4 is 15.9 Å². The maximum absolute atomic E-state index is 13.2. The average molecular weight is 338 g/mol. The molecule has 0 aromatic heterocycles. The summed E-state index contributed by atoms with van der Waals surface area (Å²) in [5.74, 6) is 0.490. The van der Waals surface area contributed by atoms with Gasteiger partial charge in [0.2, 0.25) is 0 Å². The Hall–Kier alpha value is -1.39. The molecule has 106 valence electrons. The van der Waals surface area contributed by atoms with Crippen molar-refractivity contribution in [2.24, 2.45) is 5.73 Å². The number of ether oxygens (including phenoxy) is 1. The van der Waals surface area contributed by atoms with Gasteiger partial charge in [-0.15, -0.1) is 0 Å². The molecule has 2 N–H and O–H groups in total. The first-order valence-corrected chi connectivity index (χ1v) is 7.24. The van der Waals surface area contributed by atoms with E-state index in [-0.39, 0.29) is 11.9 Å². The molecular formula is C16H17BrFNO. The van der Waals surface area contributed by atoms with Gasteiger partial charge in [0.15, 0.2) is 0 Å². The van der Waals surface area contributed by atoms with Crippen molar-refractivity contribution in [3.63, 3.8) is 0 Å². The van der Waals surface area contributed by atoms with Gasteiger partial charge in [-0.1, -0.05) is 28.1 Å². The Morgan fingerprint density at radius 3 is 2.45 bits per heavy atom. The molecule has 1 atom stereocenters. The van der Waals surface area contributed by atoms with Crippen LogP contribution in [0.3, 0.4) is 0 Å². The highest BCUT2D eigenvalue weighted by Crippen LogP contribution is 2.18. The molecule has 0 heterocycles. The molecule has 0 radical (unpaired) electrons. The minimum atomic E-state index is -0.273. The van der Waals surface area contributed by atoms with Crippen LogP contribution >= 0.6 is 15.9 Å². The van der Waals surface area contributed by atoms with Crippen molar-refractivity contribution in [3.8, 4) is 5.75 Å². The molecule has 0 amide bonds.